The van der Waals surface area contributed by atoms with Gasteiger partial charge in [0.15, 0.2) is 0 Å². The van der Waals surface area contributed by atoms with Crippen molar-refractivity contribution < 1.29 is 9.59 Å². The van der Waals surface area contributed by atoms with Crippen LogP contribution in [0.15, 0.2) is 60.7 Å². The maximum Gasteiger partial charge on any atom is 0.253 e. The van der Waals surface area contributed by atoms with Gasteiger partial charge in [-0.2, -0.15) is 5.26 Å². The van der Waals surface area contributed by atoms with Crippen molar-refractivity contribution in [3.8, 4) is 6.07 Å². The normalized spacial score (nSPS) is 15.9. The minimum absolute atomic E-state index is 0.0403. The number of carbonyl (C=O) groups excluding carboxylic acids is 2. The Kier molecular flexibility index (Phi) is 4.80. The van der Waals surface area contributed by atoms with Gasteiger partial charge in [0.2, 0.25) is 0 Å². The van der Waals surface area contributed by atoms with Gasteiger partial charge in [-0.15, -0.1) is 0 Å². The first-order valence-corrected chi connectivity index (χ1v) is 8.27. The first-order valence-electron chi connectivity index (χ1n) is 8.27. The third kappa shape index (κ3) is 3.69. The largest absolute Gasteiger partial charge is 0.338 e. The number of nitrogens with zero attached hydrogens (tertiary/aromatic N) is 2. The summed E-state index contributed by atoms with van der Waals surface area (Å²) in [5.74, 6) is -0.300. The van der Waals surface area contributed by atoms with E-state index >= 15 is 0 Å². The number of nitrogens with one attached hydrogen (secondary N) is 1. The fraction of sp³-hybridized carbons (Fsp3) is 0.250. The minimum Gasteiger partial charge on any atom is -0.338 e. The van der Waals surface area contributed by atoms with Crippen LogP contribution in [0.5, 0.6) is 0 Å². The molecule has 0 atom stereocenters. The third-order valence-electron chi connectivity index (χ3n) is 4.53. The van der Waals surface area contributed by atoms with Gasteiger partial charge in [0.25, 0.3) is 11.8 Å². The molecule has 126 valence electrons. The number of nitriles is 1. The molecule has 0 aliphatic carbocycles. The Hall–Kier alpha value is -3.13. The average Bonchev–Trinajstić information content (AvgIpc) is 2.69. The molecule has 1 heterocycles. The van der Waals surface area contributed by atoms with Crippen LogP contribution in [0, 0.1) is 11.3 Å². The number of rotatable bonds is 3. The van der Waals surface area contributed by atoms with E-state index in [-0.39, 0.29) is 11.8 Å². The van der Waals surface area contributed by atoms with Crippen LogP contribution < -0.4 is 5.32 Å². The summed E-state index contributed by atoms with van der Waals surface area (Å²) in [6.07, 6.45) is 0.835. The Labute approximate surface area is 146 Å². The summed E-state index contributed by atoms with van der Waals surface area (Å²) in [4.78, 5) is 26.6. The highest BCUT2D eigenvalue weighted by atomic mass is 16.2. The second-order valence-electron chi connectivity index (χ2n) is 6.17. The van der Waals surface area contributed by atoms with Crippen molar-refractivity contribution in [2.24, 2.45) is 0 Å². The lowest BCUT2D eigenvalue weighted by atomic mass is 9.88. The molecule has 0 spiro atoms. The topological polar surface area (TPSA) is 73.2 Å². The third-order valence-corrected chi connectivity index (χ3v) is 4.53. The predicted octanol–water partition coefficient (Wildman–Crippen LogP) is 2.61. The SMILES string of the molecule is N#CC1(NC(=O)c2ccccc2)CCN(C(=O)c2ccccc2)CC1. The van der Waals surface area contributed by atoms with Gasteiger partial charge < -0.3 is 10.2 Å². The maximum absolute atomic E-state index is 12.5. The van der Waals surface area contributed by atoms with E-state index in [1.165, 1.54) is 0 Å². The van der Waals surface area contributed by atoms with Crippen LogP contribution in [0.1, 0.15) is 33.6 Å². The van der Waals surface area contributed by atoms with Crippen LogP contribution in [0.2, 0.25) is 0 Å². The summed E-state index contributed by atoms with van der Waals surface area (Å²) in [5, 5.41) is 12.5. The Morgan fingerprint density at radius 2 is 1.44 bits per heavy atom. The molecule has 5 heteroatoms. The number of carbonyl (C=O) groups is 2. The highest BCUT2D eigenvalue weighted by Crippen LogP contribution is 2.23. The molecule has 2 aromatic carbocycles. The highest BCUT2D eigenvalue weighted by molar-refractivity contribution is 5.95. The van der Waals surface area contributed by atoms with Crippen LogP contribution in [-0.4, -0.2) is 35.3 Å². The number of piperidine rings is 1. The fourth-order valence-corrected chi connectivity index (χ4v) is 3.00. The van der Waals surface area contributed by atoms with E-state index in [0.29, 0.717) is 37.1 Å². The summed E-state index contributed by atoms with van der Waals surface area (Å²) in [5.41, 5.74) is 0.237. The molecule has 1 fully saturated rings. The molecule has 5 nitrogen and oxygen atoms in total. The van der Waals surface area contributed by atoms with E-state index in [1.807, 2.05) is 24.3 Å². The lowest BCUT2D eigenvalue weighted by Gasteiger charge is -2.37. The second kappa shape index (κ2) is 7.18. The van der Waals surface area contributed by atoms with Crippen LogP contribution in [0.25, 0.3) is 0 Å². The molecule has 1 aliphatic rings. The monoisotopic (exact) mass is 333 g/mol. The highest BCUT2D eigenvalue weighted by Gasteiger charge is 2.37. The van der Waals surface area contributed by atoms with Crippen LogP contribution in [-0.2, 0) is 0 Å². The summed E-state index contributed by atoms with van der Waals surface area (Å²) in [6, 6.07) is 20.2. The summed E-state index contributed by atoms with van der Waals surface area (Å²) in [6.45, 7) is 0.882. The molecule has 0 unspecified atom stereocenters. The zero-order valence-electron chi connectivity index (χ0n) is 13.8. The van der Waals surface area contributed by atoms with Gasteiger partial charge in [0.05, 0.1) is 6.07 Å². The van der Waals surface area contributed by atoms with Crippen molar-refractivity contribution in [1.29, 1.82) is 5.26 Å². The molecule has 0 aromatic heterocycles. The van der Waals surface area contributed by atoms with Gasteiger partial charge >= 0.3 is 0 Å². The van der Waals surface area contributed by atoms with Gasteiger partial charge in [0.1, 0.15) is 5.54 Å². The number of hydrogen-bond acceptors (Lipinski definition) is 3. The molecule has 1 N–H and O–H groups in total. The molecule has 3 rings (SSSR count). The summed E-state index contributed by atoms with van der Waals surface area (Å²) < 4.78 is 0. The zero-order valence-corrected chi connectivity index (χ0v) is 13.8. The molecule has 1 saturated heterocycles. The average molecular weight is 333 g/mol. The lowest BCUT2D eigenvalue weighted by Crippen LogP contribution is -2.55. The Bertz CT molecular complexity index is 789. The molecule has 1 aliphatic heterocycles. The Morgan fingerprint density at radius 1 is 0.920 bits per heavy atom. The van der Waals surface area contributed by atoms with E-state index in [2.05, 4.69) is 11.4 Å². The number of benzene rings is 2. The van der Waals surface area contributed by atoms with Crippen molar-refractivity contribution in [1.82, 2.24) is 10.2 Å². The Balaban J connectivity index is 1.65. The standard InChI is InChI=1S/C20H19N3O2/c21-15-20(22-18(24)16-7-3-1-4-8-16)11-13-23(14-12-20)19(25)17-9-5-2-6-10-17/h1-10H,11-14H2,(H,22,24). The summed E-state index contributed by atoms with van der Waals surface area (Å²) in [7, 11) is 0. The van der Waals surface area contributed by atoms with Crippen molar-refractivity contribution in [2.45, 2.75) is 18.4 Å². The van der Waals surface area contributed by atoms with Crippen LogP contribution in [0.3, 0.4) is 0 Å². The first kappa shape index (κ1) is 16.7. The van der Waals surface area contributed by atoms with E-state index in [0.717, 1.165) is 0 Å². The van der Waals surface area contributed by atoms with E-state index in [1.54, 1.807) is 41.3 Å². The van der Waals surface area contributed by atoms with E-state index in [9.17, 15) is 14.9 Å². The number of hydrogen-bond donors (Lipinski definition) is 1. The van der Waals surface area contributed by atoms with Crippen molar-refractivity contribution in [2.75, 3.05) is 13.1 Å². The fourth-order valence-electron chi connectivity index (χ4n) is 3.00. The van der Waals surface area contributed by atoms with Crippen molar-refractivity contribution in [3.05, 3.63) is 71.8 Å². The van der Waals surface area contributed by atoms with E-state index in [4.69, 9.17) is 0 Å². The van der Waals surface area contributed by atoms with Gasteiger partial charge in [-0.1, -0.05) is 36.4 Å². The molecule has 0 saturated carbocycles. The molecular weight excluding hydrogens is 314 g/mol. The molecule has 2 aromatic rings. The molecule has 25 heavy (non-hydrogen) atoms. The minimum atomic E-state index is -0.930. The zero-order chi connectivity index (χ0) is 17.7. The van der Waals surface area contributed by atoms with Gasteiger partial charge in [-0.25, -0.2) is 0 Å². The van der Waals surface area contributed by atoms with Crippen molar-refractivity contribution >= 4 is 11.8 Å². The van der Waals surface area contributed by atoms with E-state index < -0.39 is 5.54 Å². The van der Waals surface area contributed by atoms with Crippen LogP contribution in [0.4, 0.5) is 0 Å². The van der Waals surface area contributed by atoms with Crippen molar-refractivity contribution in [3.63, 3.8) is 0 Å². The Morgan fingerprint density at radius 3 is 1.96 bits per heavy atom. The molecule has 0 radical (unpaired) electrons. The lowest BCUT2D eigenvalue weighted by molar-refractivity contribution is 0.0665. The molecule has 2 amide bonds. The summed E-state index contributed by atoms with van der Waals surface area (Å²) >= 11 is 0. The van der Waals surface area contributed by atoms with Gasteiger partial charge in [-0.05, 0) is 24.3 Å². The van der Waals surface area contributed by atoms with Gasteiger partial charge in [-0.3, -0.25) is 9.59 Å². The first-order chi connectivity index (χ1) is 12.1. The smallest absolute Gasteiger partial charge is 0.253 e. The molecular formula is C20H19N3O2. The second-order valence-corrected chi connectivity index (χ2v) is 6.17. The maximum atomic E-state index is 12.5. The molecule has 0 bridgehead atoms. The van der Waals surface area contributed by atoms with Crippen LogP contribution >= 0.6 is 0 Å². The predicted molar refractivity (Wildman–Crippen MR) is 93.8 cm³/mol. The van der Waals surface area contributed by atoms with Gasteiger partial charge in [0, 0.05) is 37.1 Å². The quantitative estimate of drug-likeness (QED) is 0.938. The number of likely N-dealkylation sites (tertiary alicyclic amines) is 1. The number of amides is 2.